The first-order valence-corrected chi connectivity index (χ1v) is 5.28. The zero-order valence-corrected chi connectivity index (χ0v) is 10.0. The Morgan fingerprint density at radius 2 is 1.88 bits per heavy atom. The Morgan fingerprint density at radius 1 is 1.24 bits per heavy atom. The van der Waals surface area contributed by atoms with E-state index in [1.807, 2.05) is 0 Å². The molecule has 1 rings (SSSR count). The van der Waals surface area contributed by atoms with Gasteiger partial charge in [0.1, 0.15) is 5.82 Å². The molecule has 0 saturated carbocycles. The molecule has 0 saturated heterocycles. The molecule has 1 aromatic rings. The standard InChI is InChI=1S/C12H15FN2O2/c1-7(2)12(17)15-11-6-9(14-8(3)16)4-5-10(11)13/h4-7H,1-3H3,(H,14,16)(H,15,17). The van der Waals surface area contributed by atoms with E-state index in [0.717, 1.165) is 0 Å². The predicted octanol–water partition coefficient (Wildman–Crippen LogP) is 2.38. The molecule has 0 aromatic heterocycles. The van der Waals surface area contributed by atoms with E-state index in [2.05, 4.69) is 10.6 Å². The Hall–Kier alpha value is -1.91. The van der Waals surface area contributed by atoms with Crippen molar-refractivity contribution >= 4 is 23.2 Å². The molecule has 0 heterocycles. The largest absolute Gasteiger partial charge is 0.326 e. The lowest BCUT2D eigenvalue weighted by Crippen LogP contribution is -2.18. The van der Waals surface area contributed by atoms with Crippen LogP contribution in [-0.4, -0.2) is 11.8 Å². The third-order valence-electron chi connectivity index (χ3n) is 2.07. The van der Waals surface area contributed by atoms with Gasteiger partial charge in [-0.25, -0.2) is 4.39 Å². The predicted molar refractivity (Wildman–Crippen MR) is 64.2 cm³/mol. The molecule has 4 nitrogen and oxygen atoms in total. The number of carbonyl (C=O) groups is 2. The summed E-state index contributed by atoms with van der Waals surface area (Å²) in [6.07, 6.45) is 0. The lowest BCUT2D eigenvalue weighted by molar-refractivity contribution is -0.119. The number of hydrogen-bond acceptors (Lipinski definition) is 2. The average Bonchev–Trinajstić information content (AvgIpc) is 2.22. The van der Waals surface area contributed by atoms with Gasteiger partial charge in [-0.05, 0) is 18.2 Å². The Morgan fingerprint density at radius 3 is 2.41 bits per heavy atom. The van der Waals surface area contributed by atoms with Crippen LogP contribution in [0.3, 0.4) is 0 Å². The van der Waals surface area contributed by atoms with Gasteiger partial charge in [-0.3, -0.25) is 9.59 Å². The third kappa shape index (κ3) is 3.86. The van der Waals surface area contributed by atoms with Crippen molar-refractivity contribution in [1.29, 1.82) is 0 Å². The first kappa shape index (κ1) is 13.2. The molecule has 1 aromatic carbocycles. The van der Waals surface area contributed by atoms with Crippen LogP contribution in [0.15, 0.2) is 18.2 Å². The quantitative estimate of drug-likeness (QED) is 0.849. The highest BCUT2D eigenvalue weighted by molar-refractivity contribution is 5.94. The molecule has 0 atom stereocenters. The van der Waals surface area contributed by atoms with E-state index in [1.54, 1.807) is 13.8 Å². The van der Waals surface area contributed by atoms with Crippen LogP contribution < -0.4 is 10.6 Å². The van der Waals surface area contributed by atoms with E-state index in [9.17, 15) is 14.0 Å². The zero-order valence-electron chi connectivity index (χ0n) is 10.0. The van der Waals surface area contributed by atoms with Gasteiger partial charge in [-0.15, -0.1) is 0 Å². The van der Waals surface area contributed by atoms with Crippen molar-refractivity contribution < 1.29 is 14.0 Å². The molecular weight excluding hydrogens is 223 g/mol. The van der Waals surface area contributed by atoms with Gasteiger partial charge in [0.15, 0.2) is 0 Å². The van der Waals surface area contributed by atoms with Gasteiger partial charge in [-0.2, -0.15) is 0 Å². The minimum absolute atomic E-state index is 0.0648. The molecule has 0 aliphatic rings. The fourth-order valence-electron chi connectivity index (χ4n) is 1.18. The van der Waals surface area contributed by atoms with Crippen molar-refractivity contribution in [1.82, 2.24) is 0 Å². The summed E-state index contributed by atoms with van der Waals surface area (Å²) >= 11 is 0. The summed E-state index contributed by atoms with van der Waals surface area (Å²) in [6, 6.07) is 4.01. The Balaban J connectivity index is 2.90. The molecule has 0 unspecified atom stereocenters. The highest BCUT2D eigenvalue weighted by atomic mass is 19.1. The highest BCUT2D eigenvalue weighted by Crippen LogP contribution is 2.20. The maximum Gasteiger partial charge on any atom is 0.227 e. The lowest BCUT2D eigenvalue weighted by atomic mass is 10.2. The molecule has 0 radical (unpaired) electrons. The summed E-state index contributed by atoms with van der Waals surface area (Å²) in [5, 5.41) is 4.98. The molecule has 0 aliphatic carbocycles. The van der Waals surface area contributed by atoms with Crippen LogP contribution in [0, 0.1) is 11.7 Å². The van der Waals surface area contributed by atoms with Crippen LogP contribution in [0.4, 0.5) is 15.8 Å². The van der Waals surface area contributed by atoms with Gasteiger partial charge in [0.25, 0.3) is 0 Å². The number of rotatable bonds is 3. The van der Waals surface area contributed by atoms with Crippen molar-refractivity contribution in [2.45, 2.75) is 20.8 Å². The molecule has 5 heteroatoms. The van der Waals surface area contributed by atoms with Crippen LogP contribution in [0.5, 0.6) is 0 Å². The number of amides is 2. The first-order chi connectivity index (χ1) is 7.90. The van der Waals surface area contributed by atoms with Crippen LogP contribution in [0.1, 0.15) is 20.8 Å². The van der Waals surface area contributed by atoms with Gasteiger partial charge in [0, 0.05) is 18.5 Å². The van der Waals surface area contributed by atoms with Crippen LogP contribution in [0.2, 0.25) is 0 Å². The number of nitrogens with one attached hydrogen (secondary N) is 2. The summed E-state index contributed by atoms with van der Waals surface area (Å²) in [6.45, 7) is 4.78. The highest BCUT2D eigenvalue weighted by Gasteiger charge is 2.11. The van der Waals surface area contributed by atoms with Crippen molar-refractivity contribution in [3.8, 4) is 0 Å². The van der Waals surface area contributed by atoms with E-state index < -0.39 is 5.82 Å². The van der Waals surface area contributed by atoms with Crippen LogP contribution >= 0.6 is 0 Å². The second kappa shape index (κ2) is 5.43. The minimum Gasteiger partial charge on any atom is -0.326 e. The average molecular weight is 238 g/mol. The van der Waals surface area contributed by atoms with Gasteiger partial charge in [0.05, 0.1) is 5.69 Å². The van der Waals surface area contributed by atoms with Gasteiger partial charge in [-0.1, -0.05) is 13.8 Å². The second-order valence-corrected chi connectivity index (χ2v) is 4.02. The van der Waals surface area contributed by atoms with Crippen molar-refractivity contribution in [2.24, 2.45) is 5.92 Å². The Kier molecular flexibility index (Phi) is 4.20. The zero-order chi connectivity index (χ0) is 13.0. The molecule has 0 fully saturated rings. The normalized spacial score (nSPS) is 10.2. The van der Waals surface area contributed by atoms with Gasteiger partial charge >= 0.3 is 0 Å². The van der Waals surface area contributed by atoms with E-state index in [-0.39, 0.29) is 23.4 Å². The number of hydrogen-bond donors (Lipinski definition) is 2. The SMILES string of the molecule is CC(=O)Nc1ccc(F)c(NC(=O)C(C)C)c1. The van der Waals surface area contributed by atoms with Crippen molar-refractivity contribution in [3.05, 3.63) is 24.0 Å². The molecule has 2 amide bonds. The summed E-state index contributed by atoms with van der Waals surface area (Å²) in [4.78, 5) is 22.3. The number of anilines is 2. The molecular formula is C12H15FN2O2. The van der Waals surface area contributed by atoms with Crippen molar-refractivity contribution in [2.75, 3.05) is 10.6 Å². The van der Waals surface area contributed by atoms with Crippen molar-refractivity contribution in [3.63, 3.8) is 0 Å². The lowest BCUT2D eigenvalue weighted by Gasteiger charge is -2.10. The molecule has 92 valence electrons. The molecule has 2 N–H and O–H groups in total. The first-order valence-electron chi connectivity index (χ1n) is 5.28. The van der Waals surface area contributed by atoms with Crippen LogP contribution in [-0.2, 0) is 9.59 Å². The smallest absolute Gasteiger partial charge is 0.227 e. The third-order valence-corrected chi connectivity index (χ3v) is 2.07. The van der Waals surface area contributed by atoms with E-state index in [1.165, 1.54) is 25.1 Å². The van der Waals surface area contributed by atoms with E-state index >= 15 is 0 Å². The minimum atomic E-state index is -0.534. The second-order valence-electron chi connectivity index (χ2n) is 4.02. The number of halogens is 1. The van der Waals surface area contributed by atoms with Crippen LogP contribution in [0.25, 0.3) is 0 Å². The maximum atomic E-state index is 13.4. The van der Waals surface area contributed by atoms with E-state index in [4.69, 9.17) is 0 Å². The van der Waals surface area contributed by atoms with Gasteiger partial charge in [0.2, 0.25) is 11.8 Å². The molecule has 0 bridgehead atoms. The van der Waals surface area contributed by atoms with E-state index in [0.29, 0.717) is 5.69 Å². The summed E-state index contributed by atoms with van der Waals surface area (Å²) in [7, 11) is 0. The fourth-order valence-corrected chi connectivity index (χ4v) is 1.18. The summed E-state index contributed by atoms with van der Waals surface area (Å²) in [5.41, 5.74) is 0.507. The number of carbonyl (C=O) groups excluding carboxylic acids is 2. The maximum absolute atomic E-state index is 13.4. The Labute approximate surface area is 99.2 Å². The molecule has 0 aliphatic heterocycles. The number of benzene rings is 1. The van der Waals surface area contributed by atoms with Gasteiger partial charge < -0.3 is 10.6 Å². The summed E-state index contributed by atoms with van der Waals surface area (Å²) < 4.78 is 13.4. The monoisotopic (exact) mass is 238 g/mol. The fraction of sp³-hybridized carbons (Fsp3) is 0.333. The molecule has 0 spiro atoms. The summed E-state index contributed by atoms with van der Waals surface area (Å²) in [5.74, 6) is -1.30. The Bertz CT molecular complexity index is 444. The molecule has 17 heavy (non-hydrogen) atoms. The topological polar surface area (TPSA) is 58.2 Å².